The van der Waals surface area contributed by atoms with Crippen LogP contribution >= 0.6 is 0 Å². The van der Waals surface area contributed by atoms with Gasteiger partial charge in [0.25, 0.3) is 5.91 Å². The van der Waals surface area contributed by atoms with Crippen LogP contribution in [0.4, 0.5) is 0 Å². The summed E-state index contributed by atoms with van der Waals surface area (Å²) in [6, 6.07) is 8.63. The first-order chi connectivity index (χ1) is 7.15. The van der Waals surface area contributed by atoms with E-state index >= 15 is 0 Å². The summed E-state index contributed by atoms with van der Waals surface area (Å²) in [6.45, 7) is 3.41. The van der Waals surface area contributed by atoms with E-state index in [2.05, 4.69) is 10.5 Å². The normalized spacial score (nSPS) is 13.3. The van der Waals surface area contributed by atoms with Gasteiger partial charge in [-0.1, -0.05) is 23.4 Å². The highest BCUT2D eigenvalue weighted by atomic mass is 16.4. The number of amides is 1. The summed E-state index contributed by atoms with van der Waals surface area (Å²) in [6.07, 6.45) is 0. The molecular formula is C11H14N2O2. The van der Waals surface area contributed by atoms with E-state index in [1.807, 2.05) is 6.07 Å². The molecule has 0 aliphatic heterocycles. The fourth-order valence-electron chi connectivity index (χ4n) is 1.06. The first-order valence-corrected chi connectivity index (χ1v) is 4.69. The molecule has 0 saturated heterocycles. The van der Waals surface area contributed by atoms with Crippen molar-refractivity contribution in [2.45, 2.75) is 19.9 Å². The third-order valence-corrected chi connectivity index (χ3v) is 2.17. The van der Waals surface area contributed by atoms with Gasteiger partial charge >= 0.3 is 0 Å². The summed E-state index contributed by atoms with van der Waals surface area (Å²) in [4.78, 5) is 11.6. The first-order valence-electron chi connectivity index (χ1n) is 4.69. The SMILES string of the molecule is C/C(=N/O)[C@H](C)NC(=O)c1ccccc1. The van der Waals surface area contributed by atoms with Gasteiger partial charge in [0.1, 0.15) is 0 Å². The number of rotatable bonds is 3. The molecule has 0 unspecified atom stereocenters. The quantitative estimate of drug-likeness (QED) is 0.449. The Balaban J connectivity index is 2.65. The summed E-state index contributed by atoms with van der Waals surface area (Å²) in [5.41, 5.74) is 1.06. The topological polar surface area (TPSA) is 61.7 Å². The molecule has 0 aliphatic rings. The fourth-order valence-corrected chi connectivity index (χ4v) is 1.06. The van der Waals surface area contributed by atoms with E-state index in [-0.39, 0.29) is 11.9 Å². The highest BCUT2D eigenvalue weighted by Crippen LogP contribution is 1.99. The highest BCUT2D eigenvalue weighted by Gasteiger charge is 2.11. The van der Waals surface area contributed by atoms with Crippen molar-refractivity contribution < 1.29 is 10.0 Å². The van der Waals surface area contributed by atoms with E-state index in [9.17, 15) is 4.79 Å². The minimum Gasteiger partial charge on any atom is -0.411 e. The molecule has 0 spiro atoms. The monoisotopic (exact) mass is 206 g/mol. The lowest BCUT2D eigenvalue weighted by atomic mass is 10.2. The van der Waals surface area contributed by atoms with Crippen molar-refractivity contribution in [3.63, 3.8) is 0 Å². The number of carbonyl (C=O) groups is 1. The predicted molar refractivity (Wildman–Crippen MR) is 58.3 cm³/mol. The lowest BCUT2D eigenvalue weighted by molar-refractivity contribution is 0.0948. The Morgan fingerprint density at radius 3 is 2.53 bits per heavy atom. The van der Waals surface area contributed by atoms with E-state index in [4.69, 9.17) is 5.21 Å². The number of nitrogens with one attached hydrogen (secondary N) is 1. The standard InChI is InChI=1S/C11H14N2O2/c1-8(9(2)13-15)12-11(14)10-6-4-3-5-7-10/h3-8,15H,1-2H3,(H,12,14)/b13-9-/t8-/m0/s1. The van der Waals surface area contributed by atoms with Gasteiger partial charge in [0.15, 0.2) is 0 Å². The molecule has 0 saturated carbocycles. The van der Waals surface area contributed by atoms with Crippen molar-refractivity contribution in [2.75, 3.05) is 0 Å². The second kappa shape index (κ2) is 5.14. The summed E-state index contributed by atoms with van der Waals surface area (Å²) in [7, 11) is 0. The third-order valence-electron chi connectivity index (χ3n) is 2.17. The third kappa shape index (κ3) is 3.09. The molecule has 1 atom stereocenters. The molecule has 2 N–H and O–H groups in total. The van der Waals surface area contributed by atoms with Crippen LogP contribution in [0.5, 0.6) is 0 Å². The minimum atomic E-state index is -0.275. The molecule has 0 aromatic heterocycles. The van der Waals surface area contributed by atoms with Crippen molar-refractivity contribution in [3.05, 3.63) is 35.9 Å². The van der Waals surface area contributed by atoms with E-state index in [1.165, 1.54) is 0 Å². The van der Waals surface area contributed by atoms with Gasteiger partial charge in [-0.3, -0.25) is 4.79 Å². The van der Waals surface area contributed by atoms with Crippen molar-refractivity contribution in [1.82, 2.24) is 5.32 Å². The molecule has 0 fully saturated rings. The Bertz CT molecular complexity index is 360. The summed E-state index contributed by atoms with van der Waals surface area (Å²) in [5, 5.41) is 14.3. The van der Waals surface area contributed by atoms with Gasteiger partial charge in [-0.2, -0.15) is 0 Å². The zero-order chi connectivity index (χ0) is 11.3. The average Bonchev–Trinajstić information content (AvgIpc) is 2.29. The lowest BCUT2D eigenvalue weighted by Crippen LogP contribution is -2.37. The summed E-state index contributed by atoms with van der Waals surface area (Å²) >= 11 is 0. The van der Waals surface area contributed by atoms with Crippen LogP contribution in [-0.4, -0.2) is 22.9 Å². The molecular weight excluding hydrogens is 192 g/mol. The van der Waals surface area contributed by atoms with Crippen LogP contribution in [0.3, 0.4) is 0 Å². The van der Waals surface area contributed by atoms with Crippen molar-refractivity contribution in [3.8, 4) is 0 Å². The number of benzene rings is 1. The second-order valence-corrected chi connectivity index (χ2v) is 3.30. The van der Waals surface area contributed by atoms with E-state index in [0.717, 1.165) is 0 Å². The Hall–Kier alpha value is -1.84. The molecule has 0 aliphatic carbocycles. The molecule has 1 rings (SSSR count). The molecule has 1 amide bonds. The Kier molecular flexibility index (Phi) is 3.85. The molecule has 4 nitrogen and oxygen atoms in total. The van der Waals surface area contributed by atoms with Crippen LogP contribution in [0, 0.1) is 0 Å². The summed E-state index contributed by atoms with van der Waals surface area (Å²) < 4.78 is 0. The molecule has 1 aromatic rings. The predicted octanol–water partition coefficient (Wildman–Crippen LogP) is 1.66. The molecule has 4 heteroatoms. The maximum absolute atomic E-state index is 11.6. The zero-order valence-electron chi connectivity index (χ0n) is 8.77. The molecule has 15 heavy (non-hydrogen) atoms. The van der Waals surface area contributed by atoms with Gasteiger partial charge < -0.3 is 10.5 Å². The van der Waals surface area contributed by atoms with Crippen molar-refractivity contribution >= 4 is 11.6 Å². The van der Waals surface area contributed by atoms with Crippen molar-refractivity contribution in [2.24, 2.45) is 5.16 Å². The second-order valence-electron chi connectivity index (χ2n) is 3.30. The average molecular weight is 206 g/mol. The van der Waals surface area contributed by atoms with E-state index in [0.29, 0.717) is 11.3 Å². The van der Waals surface area contributed by atoms with Gasteiger partial charge in [0.2, 0.25) is 0 Å². The number of hydrogen-bond acceptors (Lipinski definition) is 3. The minimum absolute atomic E-state index is 0.175. The number of carbonyl (C=O) groups excluding carboxylic acids is 1. The largest absolute Gasteiger partial charge is 0.411 e. The van der Waals surface area contributed by atoms with Crippen LogP contribution in [0.25, 0.3) is 0 Å². The fraction of sp³-hybridized carbons (Fsp3) is 0.273. The van der Waals surface area contributed by atoms with Gasteiger partial charge in [-0.25, -0.2) is 0 Å². The maximum Gasteiger partial charge on any atom is 0.251 e. The van der Waals surface area contributed by atoms with Gasteiger partial charge in [-0.05, 0) is 26.0 Å². The Morgan fingerprint density at radius 2 is 2.00 bits per heavy atom. The molecule has 0 heterocycles. The number of hydrogen-bond donors (Lipinski definition) is 2. The van der Waals surface area contributed by atoms with Crippen LogP contribution in [-0.2, 0) is 0 Å². The van der Waals surface area contributed by atoms with Gasteiger partial charge in [0.05, 0.1) is 11.8 Å². The Labute approximate surface area is 88.6 Å². The van der Waals surface area contributed by atoms with Crippen LogP contribution in [0.15, 0.2) is 35.5 Å². The van der Waals surface area contributed by atoms with E-state index in [1.54, 1.807) is 38.1 Å². The lowest BCUT2D eigenvalue weighted by Gasteiger charge is -2.12. The maximum atomic E-state index is 11.6. The zero-order valence-corrected chi connectivity index (χ0v) is 8.77. The van der Waals surface area contributed by atoms with E-state index < -0.39 is 0 Å². The van der Waals surface area contributed by atoms with Crippen molar-refractivity contribution in [1.29, 1.82) is 0 Å². The highest BCUT2D eigenvalue weighted by molar-refractivity contribution is 5.98. The molecule has 80 valence electrons. The first kappa shape index (κ1) is 11.2. The van der Waals surface area contributed by atoms with Gasteiger partial charge in [-0.15, -0.1) is 0 Å². The Morgan fingerprint density at radius 1 is 1.40 bits per heavy atom. The molecule has 1 aromatic carbocycles. The van der Waals surface area contributed by atoms with Crippen LogP contribution in [0.1, 0.15) is 24.2 Å². The number of nitrogens with zero attached hydrogens (tertiary/aromatic N) is 1. The van der Waals surface area contributed by atoms with Crippen LogP contribution < -0.4 is 5.32 Å². The molecule has 0 bridgehead atoms. The smallest absolute Gasteiger partial charge is 0.251 e. The molecule has 0 radical (unpaired) electrons. The number of oxime groups is 1. The van der Waals surface area contributed by atoms with Crippen LogP contribution in [0.2, 0.25) is 0 Å². The van der Waals surface area contributed by atoms with Gasteiger partial charge in [0, 0.05) is 5.56 Å². The summed E-state index contributed by atoms with van der Waals surface area (Å²) in [5.74, 6) is -0.175.